The van der Waals surface area contributed by atoms with Crippen molar-refractivity contribution in [3.8, 4) is 0 Å². The summed E-state index contributed by atoms with van der Waals surface area (Å²) in [6.45, 7) is 11.3. The van der Waals surface area contributed by atoms with E-state index in [0.29, 0.717) is 5.92 Å². The van der Waals surface area contributed by atoms with Crippen LogP contribution in [0.2, 0.25) is 0 Å². The number of nitrogens with zero attached hydrogens (tertiary/aromatic N) is 2. The number of carbonyl (C=O) groups excluding carboxylic acids is 2. The van der Waals surface area contributed by atoms with Gasteiger partial charge < -0.3 is 9.80 Å². The van der Waals surface area contributed by atoms with Gasteiger partial charge in [0.2, 0.25) is 11.8 Å². The van der Waals surface area contributed by atoms with Gasteiger partial charge in [-0.15, -0.1) is 0 Å². The van der Waals surface area contributed by atoms with Crippen LogP contribution in [0.4, 0.5) is 0 Å². The predicted molar refractivity (Wildman–Crippen MR) is 74.5 cm³/mol. The van der Waals surface area contributed by atoms with Gasteiger partial charge in [0.15, 0.2) is 0 Å². The molecule has 0 radical (unpaired) electrons. The lowest BCUT2D eigenvalue weighted by Crippen LogP contribution is -2.51. The summed E-state index contributed by atoms with van der Waals surface area (Å²) >= 11 is 0. The highest BCUT2D eigenvalue weighted by Gasteiger charge is 2.44. The topological polar surface area (TPSA) is 40.6 Å². The first kappa shape index (κ1) is 14.4. The van der Waals surface area contributed by atoms with Crippen LogP contribution < -0.4 is 0 Å². The Kier molecular flexibility index (Phi) is 3.88. The highest BCUT2D eigenvalue weighted by atomic mass is 16.2. The molecule has 108 valence electrons. The fourth-order valence-corrected chi connectivity index (χ4v) is 3.02. The summed E-state index contributed by atoms with van der Waals surface area (Å²) in [6, 6.07) is 0. The summed E-state index contributed by atoms with van der Waals surface area (Å²) in [5.41, 5.74) is -0.341. The molecule has 4 nitrogen and oxygen atoms in total. The van der Waals surface area contributed by atoms with Crippen molar-refractivity contribution in [3.05, 3.63) is 0 Å². The molecule has 0 saturated carbocycles. The Balaban J connectivity index is 1.98. The molecule has 0 aromatic rings. The van der Waals surface area contributed by atoms with E-state index >= 15 is 0 Å². The SMILES string of the molecule is CC(C)C(=O)N1CCC(C(C)(C)C(=O)N2CCC2)C1. The number of rotatable bonds is 3. The van der Waals surface area contributed by atoms with E-state index < -0.39 is 0 Å². The first-order valence-electron chi connectivity index (χ1n) is 7.42. The Morgan fingerprint density at radius 3 is 2.21 bits per heavy atom. The van der Waals surface area contributed by atoms with Gasteiger partial charge in [0.05, 0.1) is 0 Å². The van der Waals surface area contributed by atoms with E-state index in [9.17, 15) is 9.59 Å². The van der Waals surface area contributed by atoms with Crippen LogP contribution in [0.5, 0.6) is 0 Å². The summed E-state index contributed by atoms with van der Waals surface area (Å²) in [5, 5.41) is 0. The highest BCUT2D eigenvalue weighted by molar-refractivity contribution is 5.83. The molecule has 19 heavy (non-hydrogen) atoms. The minimum atomic E-state index is -0.341. The van der Waals surface area contributed by atoms with Gasteiger partial charge in [-0.2, -0.15) is 0 Å². The molecule has 0 bridgehead atoms. The second-order valence-electron chi connectivity index (χ2n) is 6.79. The van der Waals surface area contributed by atoms with Gasteiger partial charge in [0.25, 0.3) is 0 Å². The van der Waals surface area contributed by atoms with Crippen LogP contribution in [-0.2, 0) is 9.59 Å². The van der Waals surface area contributed by atoms with Crippen LogP contribution in [0.15, 0.2) is 0 Å². The molecule has 2 aliphatic heterocycles. The molecule has 0 spiro atoms. The first-order chi connectivity index (χ1) is 8.84. The lowest BCUT2D eigenvalue weighted by atomic mass is 9.76. The second-order valence-corrected chi connectivity index (χ2v) is 6.79. The number of amides is 2. The Bertz CT molecular complexity index is 372. The zero-order chi connectivity index (χ0) is 14.2. The van der Waals surface area contributed by atoms with E-state index in [1.54, 1.807) is 0 Å². The second kappa shape index (κ2) is 5.14. The quantitative estimate of drug-likeness (QED) is 0.781. The lowest BCUT2D eigenvalue weighted by molar-refractivity contribution is -0.147. The minimum absolute atomic E-state index is 0.0490. The summed E-state index contributed by atoms with van der Waals surface area (Å²) in [4.78, 5) is 28.4. The molecular formula is C15H26N2O2. The molecule has 4 heteroatoms. The maximum atomic E-state index is 12.5. The standard InChI is InChI=1S/C15H26N2O2/c1-11(2)13(18)17-9-6-12(10-17)15(3,4)14(19)16-7-5-8-16/h11-12H,5-10H2,1-4H3. The molecule has 2 saturated heterocycles. The van der Waals surface area contributed by atoms with Gasteiger partial charge in [-0.25, -0.2) is 0 Å². The van der Waals surface area contributed by atoms with E-state index in [1.807, 2.05) is 37.5 Å². The van der Waals surface area contributed by atoms with Crippen LogP contribution >= 0.6 is 0 Å². The Morgan fingerprint density at radius 2 is 1.74 bits per heavy atom. The van der Waals surface area contributed by atoms with Crippen LogP contribution in [0.1, 0.15) is 40.5 Å². The van der Waals surface area contributed by atoms with Crippen LogP contribution in [0, 0.1) is 17.3 Å². The predicted octanol–water partition coefficient (Wildman–Crippen LogP) is 1.75. The number of hydrogen-bond donors (Lipinski definition) is 0. The summed E-state index contributed by atoms with van der Waals surface area (Å²) in [5.74, 6) is 0.827. The Labute approximate surface area is 116 Å². The van der Waals surface area contributed by atoms with Crippen molar-refractivity contribution >= 4 is 11.8 Å². The maximum absolute atomic E-state index is 12.5. The number of hydrogen-bond acceptors (Lipinski definition) is 2. The largest absolute Gasteiger partial charge is 0.342 e. The first-order valence-corrected chi connectivity index (χ1v) is 7.42. The normalized spacial score (nSPS) is 23.7. The molecule has 2 fully saturated rings. The van der Waals surface area contributed by atoms with Gasteiger partial charge in [-0.1, -0.05) is 27.7 Å². The molecule has 1 unspecified atom stereocenters. The molecule has 0 aromatic carbocycles. The van der Waals surface area contributed by atoms with E-state index in [2.05, 4.69) is 0 Å². The molecule has 0 N–H and O–H groups in total. The third-order valence-electron chi connectivity index (χ3n) is 4.71. The summed E-state index contributed by atoms with van der Waals surface area (Å²) in [7, 11) is 0. The molecular weight excluding hydrogens is 240 g/mol. The van der Waals surface area contributed by atoms with Crippen molar-refractivity contribution in [2.45, 2.75) is 40.5 Å². The van der Waals surface area contributed by atoms with Crippen molar-refractivity contribution in [3.63, 3.8) is 0 Å². The smallest absolute Gasteiger partial charge is 0.228 e. The average molecular weight is 266 g/mol. The minimum Gasteiger partial charge on any atom is -0.342 e. The van der Waals surface area contributed by atoms with Gasteiger partial charge in [0, 0.05) is 37.5 Å². The average Bonchev–Trinajstić information content (AvgIpc) is 2.74. The molecule has 0 aromatic heterocycles. The fourth-order valence-electron chi connectivity index (χ4n) is 3.02. The van der Waals surface area contributed by atoms with Crippen LogP contribution in [-0.4, -0.2) is 47.8 Å². The van der Waals surface area contributed by atoms with Crippen molar-refractivity contribution in [1.29, 1.82) is 0 Å². The Hall–Kier alpha value is -1.06. The van der Waals surface area contributed by atoms with Crippen LogP contribution in [0.25, 0.3) is 0 Å². The van der Waals surface area contributed by atoms with Gasteiger partial charge in [-0.05, 0) is 18.8 Å². The maximum Gasteiger partial charge on any atom is 0.228 e. The molecule has 2 aliphatic rings. The van der Waals surface area contributed by atoms with Crippen molar-refractivity contribution in [1.82, 2.24) is 9.80 Å². The lowest BCUT2D eigenvalue weighted by Gasteiger charge is -2.40. The number of carbonyl (C=O) groups is 2. The van der Waals surface area contributed by atoms with Crippen LogP contribution in [0.3, 0.4) is 0 Å². The van der Waals surface area contributed by atoms with Crippen molar-refractivity contribution in [2.75, 3.05) is 26.2 Å². The van der Waals surface area contributed by atoms with Gasteiger partial charge in [-0.3, -0.25) is 9.59 Å². The third-order valence-corrected chi connectivity index (χ3v) is 4.71. The van der Waals surface area contributed by atoms with Gasteiger partial charge in [0.1, 0.15) is 0 Å². The Morgan fingerprint density at radius 1 is 1.11 bits per heavy atom. The fraction of sp³-hybridized carbons (Fsp3) is 0.867. The molecule has 0 aliphatic carbocycles. The summed E-state index contributed by atoms with van der Waals surface area (Å²) < 4.78 is 0. The molecule has 2 rings (SSSR count). The number of likely N-dealkylation sites (tertiary alicyclic amines) is 2. The van der Waals surface area contributed by atoms with Crippen molar-refractivity contribution < 1.29 is 9.59 Å². The third kappa shape index (κ3) is 2.63. The zero-order valence-electron chi connectivity index (χ0n) is 12.6. The molecule has 2 heterocycles. The highest BCUT2D eigenvalue weighted by Crippen LogP contribution is 2.37. The van der Waals surface area contributed by atoms with E-state index in [4.69, 9.17) is 0 Å². The summed E-state index contributed by atoms with van der Waals surface area (Å²) in [6.07, 6.45) is 2.08. The van der Waals surface area contributed by atoms with Gasteiger partial charge >= 0.3 is 0 Å². The zero-order valence-corrected chi connectivity index (χ0v) is 12.6. The molecule has 1 atom stereocenters. The van der Waals surface area contributed by atoms with E-state index in [1.165, 1.54) is 0 Å². The molecule has 2 amide bonds. The monoisotopic (exact) mass is 266 g/mol. The van der Waals surface area contributed by atoms with Crippen molar-refractivity contribution in [2.24, 2.45) is 17.3 Å². The van der Waals surface area contributed by atoms with E-state index in [-0.39, 0.29) is 23.1 Å². The van der Waals surface area contributed by atoms with E-state index in [0.717, 1.165) is 39.0 Å².